The molecule has 28 heavy (non-hydrogen) atoms. The first-order valence-corrected chi connectivity index (χ1v) is 9.04. The molecule has 0 unspecified atom stereocenters. The first kappa shape index (κ1) is 21.7. The predicted octanol–water partition coefficient (Wildman–Crippen LogP) is 4.71. The van der Waals surface area contributed by atoms with Gasteiger partial charge in [-0.05, 0) is 42.0 Å². The highest BCUT2D eigenvalue weighted by Crippen LogP contribution is 2.24. The van der Waals surface area contributed by atoms with Gasteiger partial charge in [0.05, 0.1) is 24.0 Å². The smallest absolute Gasteiger partial charge is 0.330 e. The Morgan fingerprint density at radius 2 is 1.93 bits per heavy atom. The number of thioether (sulfide) groups is 1. The zero-order chi connectivity index (χ0) is 20.6. The Hall–Kier alpha value is -2.57. The van der Waals surface area contributed by atoms with Gasteiger partial charge in [0.1, 0.15) is 6.61 Å². The molecule has 0 saturated heterocycles. The van der Waals surface area contributed by atoms with E-state index in [9.17, 15) is 22.4 Å². The number of hydrogen-bond donors (Lipinski definition) is 1. The van der Waals surface area contributed by atoms with Crippen molar-refractivity contribution in [3.63, 3.8) is 0 Å². The van der Waals surface area contributed by atoms with Gasteiger partial charge in [-0.3, -0.25) is 4.79 Å². The summed E-state index contributed by atoms with van der Waals surface area (Å²) in [5.74, 6) is -4.35. The highest BCUT2D eigenvalue weighted by Gasteiger charge is 2.40. The van der Waals surface area contributed by atoms with Crippen LogP contribution >= 0.6 is 11.8 Å². The van der Waals surface area contributed by atoms with E-state index < -0.39 is 19.0 Å². The van der Waals surface area contributed by atoms with Crippen molar-refractivity contribution in [2.24, 2.45) is 0 Å². The Balaban J connectivity index is 1.82. The summed E-state index contributed by atoms with van der Waals surface area (Å²) in [5, 5.41) is 11.4. The predicted molar refractivity (Wildman–Crippen MR) is 97.6 cm³/mol. The molecule has 0 aliphatic rings. The van der Waals surface area contributed by atoms with E-state index in [4.69, 9.17) is 5.26 Å². The quantitative estimate of drug-likeness (QED) is 0.479. The molecule has 0 aliphatic carbocycles. The summed E-state index contributed by atoms with van der Waals surface area (Å²) in [6.07, 6.45) is -3.79. The van der Waals surface area contributed by atoms with E-state index in [-0.39, 0.29) is 18.3 Å². The third-order valence-electron chi connectivity index (χ3n) is 3.45. The van der Waals surface area contributed by atoms with Crippen molar-refractivity contribution < 1.29 is 27.1 Å². The topological polar surface area (TPSA) is 62.1 Å². The number of rotatable bonds is 9. The number of hydrogen-bond acceptors (Lipinski definition) is 4. The number of alkyl halides is 4. The molecular weight excluding hydrogens is 396 g/mol. The average Bonchev–Trinajstić information content (AvgIpc) is 2.67. The molecule has 0 heterocycles. The van der Waals surface area contributed by atoms with E-state index in [0.717, 1.165) is 4.90 Å². The Morgan fingerprint density at radius 1 is 1.21 bits per heavy atom. The summed E-state index contributed by atoms with van der Waals surface area (Å²) < 4.78 is 54.5. The number of amides is 1. The number of carbonyl (C=O) groups excluding carboxylic acids is 1. The van der Waals surface area contributed by atoms with Crippen LogP contribution in [-0.2, 0) is 16.1 Å². The molecule has 0 aliphatic heterocycles. The van der Waals surface area contributed by atoms with E-state index in [0.29, 0.717) is 16.8 Å². The fourth-order valence-corrected chi connectivity index (χ4v) is 2.78. The minimum atomic E-state index is -4.20. The lowest BCUT2D eigenvalue weighted by molar-refractivity contribution is -0.168. The van der Waals surface area contributed by atoms with Crippen LogP contribution in [0.4, 0.5) is 23.2 Å². The van der Waals surface area contributed by atoms with Gasteiger partial charge >= 0.3 is 12.3 Å². The van der Waals surface area contributed by atoms with E-state index >= 15 is 0 Å². The molecule has 0 radical (unpaired) electrons. The van der Waals surface area contributed by atoms with Gasteiger partial charge in [-0.25, -0.2) is 8.78 Å². The van der Waals surface area contributed by atoms with Crippen LogP contribution in [0.5, 0.6) is 0 Å². The zero-order valence-electron chi connectivity index (χ0n) is 14.5. The van der Waals surface area contributed by atoms with Crippen LogP contribution in [0.25, 0.3) is 0 Å². The maximum Gasteiger partial charge on any atom is 0.330 e. The summed E-state index contributed by atoms with van der Waals surface area (Å²) in [7, 11) is 0. The van der Waals surface area contributed by atoms with Gasteiger partial charge in [-0.15, -0.1) is 11.8 Å². The third kappa shape index (κ3) is 6.87. The number of ether oxygens (including phenoxy) is 1. The van der Waals surface area contributed by atoms with Gasteiger partial charge in [0.25, 0.3) is 0 Å². The lowest BCUT2D eigenvalue weighted by Crippen LogP contribution is -2.32. The Labute approximate surface area is 163 Å². The molecule has 9 heteroatoms. The second-order valence-electron chi connectivity index (χ2n) is 5.73. The summed E-state index contributed by atoms with van der Waals surface area (Å²) in [6, 6.07) is 15.1. The standard InChI is InChI=1S/C19H16F4N2O2S/c20-18(21)19(22,23)12-27-10-14-2-1-3-15(8-14)25-17(26)11-28-16-6-4-13(9-24)5-7-16/h1-8,18H,10-12H2,(H,25,26). The highest BCUT2D eigenvalue weighted by atomic mass is 32.2. The lowest BCUT2D eigenvalue weighted by Gasteiger charge is -2.15. The van der Waals surface area contributed by atoms with Crippen molar-refractivity contribution in [2.45, 2.75) is 23.9 Å². The van der Waals surface area contributed by atoms with E-state index in [1.165, 1.54) is 17.8 Å². The molecule has 0 atom stereocenters. The number of halogens is 4. The van der Waals surface area contributed by atoms with Crippen LogP contribution in [-0.4, -0.2) is 30.6 Å². The van der Waals surface area contributed by atoms with E-state index in [1.54, 1.807) is 42.5 Å². The normalized spacial score (nSPS) is 11.3. The molecule has 0 bridgehead atoms. The second kappa shape index (κ2) is 10.1. The number of benzene rings is 2. The molecule has 2 rings (SSSR count). The SMILES string of the molecule is N#Cc1ccc(SCC(=O)Nc2cccc(COCC(F)(F)C(F)F)c2)cc1. The fraction of sp³-hybridized carbons (Fsp3) is 0.263. The number of nitrogens with zero attached hydrogens (tertiary/aromatic N) is 1. The second-order valence-corrected chi connectivity index (χ2v) is 6.78. The molecule has 1 N–H and O–H groups in total. The van der Waals surface area contributed by atoms with Crippen molar-refractivity contribution in [3.05, 3.63) is 59.7 Å². The number of anilines is 1. The molecular formula is C19H16F4N2O2S. The summed E-state index contributed by atoms with van der Waals surface area (Å²) >= 11 is 1.29. The van der Waals surface area contributed by atoms with Gasteiger partial charge in [-0.2, -0.15) is 14.0 Å². The molecule has 0 fully saturated rings. The van der Waals surface area contributed by atoms with Crippen molar-refractivity contribution >= 4 is 23.4 Å². The van der Waals surface area contributed by atoms with Crippen LogP contribution in [0.3, 0.4) is 0 Å². The monoisotopic (exact) mass is 412 g/mol. The van der Waals surface area contributed by atoms with Crippen LogP contribution in [0.15, 0.2) is 53.4 Å². The molecule has 0 saturated carbocycles. The van der Waals surface area contributed by atoms with Crippen LogP contribution in [0, 0.1) is 11.3 Å². The van der Waals surface area contributed by atoms with Gasteiger partial charge in [0.15, 0.2) is 0 Å². The molecule has 0 aromatic heterocycles. The van der Waals surface area contributed by atoms with Crippen molar-refractivity contribution in [2.75, 3.05) is 17.7 Å². The van der Waals surface area contributed by atoms with Gasteiger partial charge in [0.2, 0.25) is 5.91 Å². The third-order valence-corrected chi connectivity index (χ3v) is 4.46. The maximum absolute atomic E-state index is 12.8. The minimum Gasteiger partial charge on any atom is -0.370 e. The summed E-state index contributed by atoms with van der Waals surface area (Å²) in [4.78, 5) is 12.9. The van der Waals surface area contributed by atoms with Crippen LogP contribution < -0.4 is 5.32 Å². The van der Waals surface area contributed by atoms with Gasteiger partial charge in [-0.1, -0.05) is 12.1 Å². The maximum atomic E-state index is 12.8. The number of carbonyl (C=O) groups is 1. The molecule has 0 spiro atoms. The highest BCUT2D eigenvalue weighted by molar-refractivity contribution is 8.00. The van der Waals surface area contributed by atoms with Crippen LogP contribution in [0.1, 0.15) is 11.1 Å². The average molecular weight is 412 g/mol. The Bertz CT molecular complexity index is 839. The molecule has 2 aromatic carbocycles. The zero-order valence-corrected chi connectivity index (χ0v) is 15.3. The molecule has 2 aromatic rings. The summed E-state index contributed by atoms with van der Waals surface area (Å²) in [5.41, 5.74) is 1.42. The first-order chi connectivity index (χ1) is 13.3. The first-order valence-electron chi connectivity index (χ1n) is 8.05. The van der Waals surface area contributed by atoms with Gasteiger partial charge in [0, 0.05) is 10.6 Å². The molecule has 1 amide bonds. The fourth-order valence-electron chi connectivity index (χ4n) is 2.08. The van der Waals surface area contributed by atoms with Crippen molar-refractivity contribution in [1.82, 2.24) is 0 Å². The van der Waals surface area contributed by atoms with E-state index in [2.05, 4.69) is 10.1 Å². The minimum absolute atomic E-state index is 0.132. The Morgan fingerprint density at radius 3 is 2.57 bits per heavy atom. The van der Waals surface area contributed by atoms with E-state index in [1.807, 2.05) is 6.07 Å². The van der Waals surface area contributed by atoms with Crippen LogP contribution in [0.2, 0.25) is 0 Å². The summed E-state index contributed by atoms with van der Waals surface area (Å²) in [6.45, 7) is -1.67. The number of nitrogens with one attached hydrogen (secondary N) is 1. The largest absolute Gasteiger partial charge is 0.370 e. The van der Waals surface area contributed by atoms with Gasteiger partial charge < -0.3 is 10.1 Å². The lowest BCUT2D eigenvalue weighted by atomic mass is 10.2. The van der Waals surface area contributed by atoms with Crippen molar-refractivity contribution in [1.29, 1.82) is 5.26 Å². The Kier molecular flexibility index (Phi) is 7.84. The molecule has 148 valence electrons. The number of nitriles is 1. The molecule has 4 nitrogen and oxygen atoms in total. The van der Waals surface area contributed by atoms with Crippen molar-refractivity contribution in [3.8, 4) is 6.07 Å².